The van der Waals surface area contributed by atoms with Crippen molar-refractivity contribution in [3.63, 3.8) is 0 Å². The highest BCUT2D eigenvalue weighted by Crippen LogP contribution is 2.13. The molecule has 1 fully saturated rings. The maximum absolute atomic E-state index is 11.2. The molecule has 0 unspecified atom stereocenters. The molecule has 0 saturated carbocycles. The molecule has 0 bridgehead atoms. The first-order chi connectivity index (χ1) is 6.39. The van der Waals surface area contributed by atoms with Crippen LogP contribution >= 0.6 is 0 Å². The molecule has 1 saturated heterocycles. The average molecular weight is 219 g/mol. The number of sulfone groups is 1. The molecule has 14 heavy (non-hydrogen) atoms. The molecule has 0 amide bonds. The number of rotatable bonds is 4. The Morgan fingerprint density at radius 2 is 2.00 bits per heavy atom. The van der Waals surface area contributed by atoms with Crippen LogP contribution in [0.15, 0.2) is 0 Å². The second kappa shape index (κ2) is 4.62. The first kappa shape index (κ1) is 12.0. The first-order valence-electron chi connectivity index (χ1n) is 5.35. The number of nitrogens with one attached hydrogen (secondary N) is 1. The molecule has 1 rings (SSSR count). The van der Waals surface area contributed by atoms with Crippen LogP contribution in [0, 0.1) is 5.92 Å². The number of hydrogen-bond donors (Lipinski definition) is 1. The zero-order valence-corrected chi connectivity index (χ0v) is 10.1. The maximum Gasteiger partial charge on any atom is 0.151 e. The second-order valence-corrected chi connectivity index (χ2v) is 7.03. The summed E-state index contributed by atoms with van der Waals surface area (Å²) >= 11 is 0. The summed E-state index contributed by atoms with van der Waals surface area (Å²) in [4.78, 5) is 0. The standard InChI is InChI=1S/C10H21NO2S/c1-8(2)6-9(3)11-10-4-5-14(12,13)7-10/h8-11H,4-7H2,1-3H3/t9-,10-/m0/s1. The highest BCUT2D eigenvalue weighted by Gasteiger charge is 2.28. The van der Waals surface area contributed by atoms with E-state index in [1.165, 1.54) is 0 Å². The molecule has 0 aliphatic carbocycles. The van der Waals surface area contributed by atoms with Gasteiger partial charge in [0.2, 0.25) is 0 Å². The lowest BCUT2D eigenvalue weighted by atomic mass is 10.0. The predicted octanol–water partition coefficient (Wildman–Crippen LogP) is 1.20. The van der Waals surface area contributed by atoms with Crippen molar-refractivity contribution in [3.8, 4) is 0 Å². The van der Waals surface area contributed by atoms with Gasteiger partial charge in [0.25, 0.3) is 0 Å². The summed E-state index contributed by atoms with van der Waals surface area (Å²) in [5, 5.41) is 3.39. The molecule has 0 aromatic carbocycles. The van der Waals surface area contributed by atoms with E-state index in [0.717, 1.165) is 12.8 Å². The van der Waals surface area contributed by atoms with E-state index in [2.05, 4.69) is 26.1 Å². The molecule has 4 heteroatoms. The molecule has 1 aliphatic rings. The molecule has 1 heterocycles. The molecule has 2 atom stereocenters. The zero-order valence-electron chi connectivity index (χ0n) is 9.29. The van der Waals surface area contributed by atoms with Crippen LogP contribution in [0.25, 0.3) is 0 Å². The van der Waals surface area contributed by atoms with E-state index >= 15 is 0 Å². The van der Waals surface area contributed by atoms with Crippen LogP contribution in [0.1, 0.15) is 33.6 Å². The van der Waals surface area contributed by atoms with Crippen LogP contribution in [0.3, 0.4) is 0 Å². The van der Waals surface area contributed by atoms with Crippen molar-refractivity contribution in [1.29, 1.82) is 0 Å². The summed E-state index contributed by atoms with van der Waals surface area (Å²) in [5.74, 6) is 1.35. The fraction of sp³-hybridized carbons (Fsp3) is 1.00. The van der Waals surface area contributed by atoms with Gasteiger partial charge in [0.1, 0.15) is 0 Å². The van der Waals surface area contributed by atoms with Crippen molar-refractivity contribution in [1.82, 2.24) is 5.32 Å². The third kappa shape index (κ3) is 3.96. The van der Waals surface area contributed by atoms with E-state index < -0.39 is 9.84 Å². The Labute approximate surface area is 87.2 Å². The minimum Gasteiger partial charge on any atom is -0.310 e. The van der Waals surface area contributed by atoms with Gasteiger partial charge < -0.3 is 5.32 Å². The Morgan fingerprint density at radius 1 is 1.36 bits per heavy atom. The molecular weight excluding hydrogens is 198 g/mol. The van der Waals surface area contributed by atoms with Gasteiger partial charge in [-0.2, -0.15) is 0 Å². The van der Waals surface area contributed by atoms with Crippen molar-refractivity contribution in [3.05, 3.63) is 0 Å². The van der Waals surface area contributed by atoms with Crippen LogP contribution in [-0.4, -0.2) is 32.0 Å². The molecule has 3 nitrogen and oxygen atoms in total. The van der Waals surface area contributed by atoms with Crippen LogP contribution in [-0.2, 0) is 9.84 Å². The summed E-state index contributed by atoms with van der Waals surface area (Å²) < 4.78 is 22.4. The molecule has 1 aliphatic heterocycles. The van der Waals surface area contributed by atoms with E-state index in [0.29, 0.717) is 23.5 Å². The van der Waals surface area contributed by atoms with E-state index in [1.807, 2.05) is 0 Å². The minimum atomic E-state index is -2.73. The van der Waals surface area contributed by atoms with Crippen molar-refractivity contribution in [2.45, 2.75) is 45.7 Å². The van der Waals surface area contributed by atoms with Gasteiger partial charge in [-0.05, 0) is 25.7 Å². The summed E-state index contributed by atoms with van der Waals surface area (Å²) in [6.07, 6.45) is 1.89. The van der Waals surface area contributed by atoms with Crippen LogP contribution in [0.2, 0.25) is 0 Å². The summed E-state index contributed by atoms with van der Waals surface area (Å²) in [7, 11) is -2.73. The summed E-state index contributed by atoms with van der Waals surface area (Å²) in [5.41, 5.74) is 0. The Bertz CT molecular complexity index is 272. The SMILES string of the molecule is CC(C)C[C@H](C)N[C@H]1CCS(=O)(=O)C1. The largest absolute Gasteiger partial charge is 0.310 e. The second-order valence-electron chi connectivity index (χ2n) is 4.80. The lowest BCUT2D eigenvalue weighted by Gasteiger charge is -2.19. The molecule has 0 radical (unpaired) electrons. The van der Waals surface area contributed by atoms with E-state index in [1.54, 1.807) is 0 Å². The van der Waals surface area contributed by atoms with Crippen molar-refractivity contribution < 1.29 is 8.42 Å². The van der Waals surface area contributed by atoms with Crippen LogP contribution < -0.4 is 5.32 Å². The molecule has 84 valence electrons. The van der Waals surface area contributed by atoms with Gasteiger partial charge >= 0.3 is 0 Å². The lowest BCUT2D eigenvalue weighted by Crippen LogP contribution is -2.37. The zero-order chi connectivity index (χ0) is 10.8. The third-order valence-corrected chi connectivity index (χ3v) is 4.35. The van der Waals surface area contributed by atoms with E-state index in [-0.39, 0.29) is 6.04 Å². The van der Waals surface area contributed by atoms with E-state index in [4.69, 9.17) is 0 Å². The molecule has 0 spiro atoms. The maximum atomic E-state index is 11.2. The fourth-order valence-electron chi connectivity index (χ4n) is 2.10. The van der Waals surface area contributed by atoms with E-state index in [9.17, 15) is 8.42 Å². The highest BCUT2D eigenvalue weighted by molar-refractivity contribution is 7.91. The van der Waals surface area contributed by atoms with Gasteiger partial charge in [0, 0.05) is 12.1 Å². The lowest BCUT2D eigenvalue weighted by molar-refractivity contribution is 0.404. The van der Waals surface area contributed by atoms with Gasteiger partial charge in [-0.25, -0.2) is 8.42 Å². The quantitative estimate of drug-likeness (QED) is 0.773. The Balaban J connectivity index is 2.32. The third-order valence-electron chi connectivity index (χ3n) is 2.58. The molecule has 0 aromatic heterocycles. The topological polar surface area (TPSA) is 46.2 Å². The molecule has 0 aromatic rings. The average Bonchev–Trinajstić information content (AvgIpc) is 2.27. The van der Waals surface area contributed by atoms with Gasteiger partial charge in [-0.3, -0.25) is 0 Å². The highest BCUT2D eigenvalue weighted by atomic mass is 32.2. The minimum absolute atomic E-state index is 0.189. The Hall–Kier alpha value is -0.0900. The molecule has 1 N–H and O–H groups in total. The fourth-order valence-corrected chi connectivity index (χ4v) is 3.79. The number of hydrogen-bond acceptors (Lipinski definition) is 3. The van der Waals surface area contributed by atoms with Gasteiger partial charge in [0.15, 0.2) is 9.84 Å². The Kier molecular flexibility index (Phi) is 3.95. The van der Waals surface area contributed by atoms with Gasteiger partial charge in [-0.15, -0.1) is 0 Å². The summed E-state index contributed by atoms with van der Waals surface area (Å²) in [6, 6.07) is 0.613. The Morgan fingerprint density at radius 3 is 2.43 bits per heavy atom. The monoisotopic (exact) mass is 219 g/mol. The smallest absolute Gasteiger partial charge is 0.151 e. The summed E-state index contributed by atoms with van der Waals surface area (Å²) in [6.45, 7) is 6.50. The molecular formula is C10H21NO2S. The van der Waals surface area contributed by atoms with Gasteiger partial charge in [-0.1, -0.05) is 13.8 Å². The van der Waals surface area contributed by atoms with Gasteiger partial charge in [0.05, 0.1) is 11.5 Å². The normalized spacial score (nSPS) is 28.1. The first-order valence-corrected chi connectivity index (χ1v) is 7.17. The van der Waals surface area contributed by atoms with Crippen molar-refractivity contribution in [2.24, 2.45) is 5.92 Å². The predicted molar refractivity (Wildman–Crippen MR) is 59.1 cm³/mol. The van der Waals surface area contributed by atoms with Crippen LogP contribution in [0.4, 0.5) is 0 Å². The van der Waals surface area contributed by atoms with Crippen molar-refractivity contribution in [2.75, 3.05) is 11.5 Å². The van der Waals surface area contributed by atoms with Crippen molar-refractivity contribution >= 4 is 9.84 Å². The van der Waals surface area contributed by atoms with Crippen LogP contribution in [0.5, 0.6) is 0 Å².